The van der Waals surface area contributed by atoms with E-state index in [0.29, 0.717) is 22.5 Å². The van der Waals surface area contributed by atoms with Crippen molar-refractivity contribution in [3.8, 4) is 5.75 Å². The van der Waals surface area contributed by atoms with Crippen LogP contribution >= 0.6 is 19.2 Å². The lowest BCUT2D eigenvalue weighted by atomic mass is 10.2. The van der Waals surface area contributed by atoms with Crippen LogP contribution in [0.25, 0.3) is 21.0 Å². The van der Waals surface area contributed by atoms with Crippen LogP contribution in [0, 0.1) is 0 Å². The van der Waals surface area contributed by atoms with Crippen molar-refractivity contribution in [2.45, 2.75) is 12.8 Å². The quantitative estimate of drug-likeness (QED) is 0.250. The Kier molecular flexibility index (Phi) is 7.32. The van der Waals surface area contributed by atoms with Gasteiger partial charge in [0.1, 0.15) is 5.75 Å². The number of thiophene rings is 1. The van der Waals surface area contributed by atoms with Crippen molar-refractivity contribution >= 4 is 45.8 Å². The van der Waals surface area contributed by atoms with Crippen LogP contribution in [0.5, 0.6) is 5.75 Å². The Labute approximate surface area is 212 Å². The third kappa shape index (κ3) is 5.74. The molecule has 36 heavy (non-hydrogen) atoms. The molecular weight excluding hydrogens is 501 g/mol. The number of piperazine rings is 1. The Morgan fingerprint density at radius 3 is 2.58 bits per heavy atom. The number of rotatable bonds is 9. The molecule has 190 valence electrons. The second-order valence-electron chi connectivity index (χ2n) is 8.75. The van der Waals surface area contributed by atoms with Gasteiger partial charge in [-0.05, 0) is 61.2 Å². The molecule has 0 saturated carbocycles. The summed E-state index contributed by atoms with van der Waals surface area (Å²) in [6, 6.07) is 16.5. The van der Waals surface area contributed by atoms with Gasteiger partial charge in [0.25, 0.3) is 5.56 Å². The van der Waals surface area contributed by atoms with Crippen molar-refractivity contribution in [1.82, 2.24) is 9.63 Å². The highest BCUT2D eigenvalue weighted by Crippen LogP contribution is 2.33. The van der Waals surface area contributed by atoms with E-state index in [2.05, 4.69) is 44.1 Å². The third-order valence-electron chi connectivity index (χ3n) is 6.34. The monoisotopic (exact) mass is 529 g/mol. The molecule has 1 aliphatic heterocycles. The largest absolute Gasteiger partial charge is 0.543 e. The summed E-state index contributed by atoms with van der Waals surface area (Å²) in [6.07, 6.45) is 1.87. The fraction of sp³-hybridized carbons (Fsp3) is 0.320. The number of ether oxygens (including phenoxy) is 1. The summed E-state index contributed by atoms with van der Waals surface area (Å²) in [4.78, 5) is 35.3. The highest BCUT2D eigenvalue weighted by Gasteiger charge is 2.20. The fourth-order valence-corrected chi connectivity index (χ4v) is 5.75. The second kappa shape index (κ2) is 10.6. The molecule has 2 aromatic heterocycles. The SMILES string of the molecule is O=c1ccc2ccc(OCCCCN3CCN(c4cccc5sccc45)CC3)cc2n1OP(=O)(O)O. The number of aromatic nitrogens is 1. The van der Waals surface area contributed by atoms with Crippen LogP contribution in [0.2, 0.25) is 0 Å². The molecule has 0 bridgehead atoms. The molecular formula is C25H28N3O6PS. The van der Waals surface area contributed by atoms with Crippen LogP contribution in [0.1, 0.15) is 12.8 Å². The molecule has 1 fully saturated rings. The summed E-state index contributed by atoms with van der Waals surface area (Å²) in [5.74, 6) is 0.507. The van der Waals surface area contributed by atoms with Gasteiger partial charge in [0.2, 0.25) is 0 Å². The van der Waals surface area contributed by atoms with Crippen LogP contribution in [0.15, 0.2) is 64.8 Å². The molecule has 9 nitrogen and oxygen atoms in total. The molecule has 4 aromatic rings. The van der Waals surface area contributed by atoms with Gasteiger partial charge in [0.15, 0.2) is 0 Å². The first-order chi connectivity index (χ1) is 17.4. The Hall–Kier alpha value is -2.88. The van der Waals surface area contributed by atoms with E-state index in [-0.39, 0.29) is 5.52 Å². The zero-order chi connectivity index (χ0) is 25.1. The number of unbranched alkanes of at least 4 members (excludes halogenated alkanes) is 1. The van der Waals surface area contributed by atoms with E-state index in [1.807, 2.05) is 0 Å². The second-order valence-corrected chi connectivity index (χ2v) is 10.8. The number of benzene rings is 2. The van der Waals surface area contributed by atoms with E-state index in [9.17, 15) is 9.36 Å². The number of nitrogens with zero attached hydrogens (tertiary/aromatic N) is 3. The van der Waals surface area contributed by atoms with Crippen molar-refractivity contribution in [2.75, 3.05) is 44.2 Å². The van der Waals surface area contributed by atoms with Crippen LogP contribution in [-0.2, 0) is 4.57 Å². The Balaban J connectivity index is 1.10. The van der Waals surface area contributed by atoms with E-state index in [1.165, 1.54) is 21.8 Å². The van der Waals surface area contributed by atoms with Gasteiger partial charge in [-0.25, -0.2) is 4.57 Å². The molecule has 1 saturated heterocycles. The molecule has 0 unspecified atom stereocenters. The van der Waals surface area contributed by atoms with Crippen LogP contribution in [0.4, 0.5) is 5.69 Å². The normalized spacial score (nSPS) is 15.0. The van der Waals surface area contributed by atoms with E-state index in [4.69, 9.17) is 14.5 Å². The van der Waals surface area contributed by atoms with E-state index in [1.54, 1.807) is 35.6 Å². The number of fused-ring (bicyclic) bond motifs is 2. The number of pyridine rings is 1. The first kappa shape index (κ1) is 24.8. The predicted octanol–water partition coefficient (Wildman–Crippen LogP) is 3.72. The summed E-state index contributed by atoms with van der Waals surface area (Å²) in [7, 11) is -4.89. The molecule has 0 atom stereocenters. The number of anilines is 1. The molecule has 0 spiro atoms. The van der Waals surface area contributed by atoms with Crippen LogP contribution in [-0.4, -0.2) is 58.7 Å². The van der Waals surface area contributed by atoms with Gasteiger partial charge in [-0.1, -0.05) is 6.07 Å². The van der Waals surface area contributed by atoms with Crippen molar-refractivity contribution in [3.05, 3.63) is 70.3 Å². The molecule has 2 N–H and O–H groups in total. The average molecular weight is 530 g/mol. The molecule has 0 aliphatic carbocycles. The van der Waals surface area contributed by atoms with Gasteiger partial charge in [-0.2, -0.15) is 0 Å². The summed E-state index contributed by atoms with van der Waals surface area (Å²) in [6.45, 7) is 5.60. The summed E-state index contributed by atoms with van der Waals surface area (Å²) < 4.78 is 23.6. The highest BCUT2D eigenvalue weighted by molar-refractivity contribution is 7.46. The van der Waals surface area contributed by atoms with E-state index in [0.717, 1.165) is 45.6 Å². The zero-order valence-electron chi connectivity index (χ0n) is 19.7. The topological polar surface area (TPSA) is 104 Å². The minimum atomic E-state index is -4.89. The summed E-state index contributed by atoms with van der Waals surface area (Å²) >= 11 is 1.78. The van der Waals surface area contributed by atoms with Gasteiger partial charge in [-0.15, -0.1) is 16.1 Å². The Bertz CT molecular complexity index is 1460. The molecule has 1 aliphatic rings. The summed E-state index contributed by atoms with van der Waals surface area (Å²) in [5, 5.41) is 4.09. The maximum atomic E-state index is 12.1. The molecule has 5 rings (SSSR count). The number of phosphoric acid groups is 1. The van der Waals surface area contributed by atoms with Gasteiger partial charge in [0.05, 0.1) is 12.1 Å². The van der Waals surface area contributed by atoms with Gasteiger partial charge in [-0.3, -0.25) is 19.5 Å². The lowest BCUT2D eigenvalue weighted by Crippen LogP contribution is -2.46. The zero-order valence-corrected chi connectivity index (χ0v) is 21.4. The molecule has 0 amide bonds. The van der Waals surface area contributed by atoms with Crippen molar-refractivity contribution in [1.29, 1.82) is 0 Å². The van der Waals surface area contributed by atoms with Crippen molar-refractivity contribution in [3.63, 3.8) is 0 Å². The minimum absolute atomic E-state index is 0.235. The van der Waals surface area contributed by atoms with Crippen LogP contribution in [0.3, 0.4) is 0 Å². The molecule has 0 radical (unpaired) electrons. The van der Waals surface area contributed by atoms with Crippen LogP contribution < -0.4 is 19.8 Å². The van der Waals surface area contributed by atoms with Crippen molar-refractivity contribution in [2.24, 2.45) is 0 Å². The van der Waals surface area contributed by atoms with Crippen molar-refractivity contribution < 1.29 is 23.7 Å². The van der Waals surface area contributed by atoms with E-state index < -0.39 is 13.4 Å². The maximum absolute atomic E-state index is 12.1. The summed E-state index contributed by atoms with van der Waals surface area (Å²) in [5.41, 5.74) is 0.892. The Morgan fingerprint density at radius 1 is 0.972 bits per heavy atom. The molecule has 2 aromatic carbocycles. The van der Waals surface area contributed by atoms with Gasteiger partial charge in [0, 0.05) is 59.5 Å². The van der Waals surface area contributed by atoms with Gasteiger partial charge < -0.3 is 14.3 Å². The van der Waals surface area contributed by atoms with E-state index >= 15 is 0 Å². The fourth-order valence-electron chi connectivity index (χ4n) is 4.56. The smallest absolute Gasteiger partial charge is 0.494 e. The third-order valence-corrected chi connectivity index (χ3v) is 7.60. The maximum Gasteiger partial charge on any atom is 0.543 e. The Morgan fingerprint density at radius 2 is 1.78 bits per heavy atom. The standard InChI is InChI=1S/C25H28N3O6PS/c29-25-9-7-19-6-8-20(18-23(19)28(25)34-35(30,31)32)33-16-2-1-11-26-12-14-27(15-13-26)22-4-3-5-24-21(22)10-17-36-24/h3-10,17-18H,1-2,11-16H2,(H2,30,31,32). The highest BCUT2D eigenvalue weighted by atomic mass is 32.1. The van der Waals surface area contributed by atoms with Gasteiger partial charge >= 0.3 is 7.82 Å². The predicted molar refractivity (Wildman–Crippen MR) is 142 cm³/mol. The first-order valence-electron chi connectivity index (χ1n) is 11.9. The number of hydrogen-bond donors (Lipinski definition) is 2. The average Bonchev–Trinajstić information content (AvgIpc) is 3.35. The lowest BCUT2D eigenvalue weighted by Gasteiger charge is -2.36. The molecule has 3 heterocycles. The minimum Gasteiger partial charge on any atom is -0.494 e. The molecule has 11 heteroatoms. The lowest BCUT2D eigenvalue weighted by molar-refractivity contribution is 0.179. The first-order valence-corrected chi connectivity index (χ1v) is 14.3. The number of hydrogen-bond acceptors (Lipinski definition) is 7.